The summed E-state index contributed by atoms with van der Waals surface area (Å²) in [6.45, 7) is 5.68. The highest BCUT2D eigenvalue weighted by Gasteiger charge is 2.16. The number of nitrogens with one attached hydrogen (secondary N) is 1. The lowest BCUT2D eigenvalue weighted by atomic mass is 10.2. The van der Waals surface area contributed by atoms with Crippen LogP contribution in [-0.4, -0.2) is 23.2 Å². The first-order valence-corrected chi connectivity index (χ1v) is 6.63. The van der Waals surface area contributed by atoms with Crippen molar-refractivity contribution >= 4 is 28.7 Å². The molecule has 18 heavy (non-hydrogen) atoms. The number of amides is 1. The van der Waals surface area contributed by atoms with Gasteiger partial charge in [0.15, 0.2) is 0 Å². The van der Waals surface area contributed by atoms with E-state index in [2.05, 4.69) is 10.3 Å². The van der Waals surface area contributed by atoms with Crippen molar-refractivity contribution in [1.82, 2.24) is 10.3 Å². The topological polar surface area (TPSA) is 51.2 Å². The number of aromatic nitrogens is 1. The maximum atomic E-state index is 13.4. The zero-order valence-electron chi connectivity index (χ0n) is 10.6. The Morgan fingerprint density at radius 2 is 2.22 bits per heavy atom. The smallest absolute Gasteiger partial charge is 0.407 e. The standard InChI is InChI=1S/C12H16FIN2O2/c1-12(2,3)18-11(17)16-6-4-8-9(14)5-7-15-10(8)13/h5,7H,4,6H2,1-3H3,(H,16,17). The second-order valence-corrected chi connectivity index (χ2v) is 5.90. The van der Waals surface area contributed by atoms with Gasteiger partial charge in [-0.15, -0.1) is 0 Å². The normalized spacial score (nSPS) is 11.2. The Hall–Kier alpha value is -0.920. The molecule has 1 rings (SSSR count). The molecule has 1 aromatic heterocycles. The van der Waals surface area contributed by atoms with Crippen LogP contribution in [0.15, 0.2) is 12.3 Å². The summed E-state index contributed by atoms with van der Waals surface area (Å²) < 4.78 is 19.3. The summed E-state index contributed by atoms with van der Waals surface area (Å²) in [7, 11) is 0. The third-order valence-electron chi connectivity index (χ3n) is 1.99. The molecule has 1 heterocycles. The number of ether oxygens (including phenoxy) is 1. The van der Waals surface area contributed by atoms with Gasteiger partial charge in [-0.05, 0) is 55.8 Å². The zero-order valence-corrected chi connectivity index (χ0v) is 12.7. The number of hydrogen-bond donors (Lipinski definition) is 1. The number of hydrogen-bond acceptors (Lipinski definition) is 3. The van der Waals surface area contributed by atoms with Crippen LogP contribution in [0.25, 0.3) is 0 Å². The van der Waals surface area contributed by atoms with Crippen molar-refractivity contribution in [3.63, 3.8) is 0 Å². The van der Waals surface area contributed by atoms with E-state index in [4.69, 9.17) is 4.74 Å². The van der Waals surface area contributed by atoms with Crippen molar-refractivity contribution in [3.05, 3.63) is 27.3 Å². The molecule has 1 N–H and O–H groups in total. The average Bonchev–Trinajstić information content (AvgIpc) is 2.19. The Labute approximate surface area is 119 Å². The summed E-state index contributed by atoms with van der Waals surface area (Å²) in [6, 6.07) is 1.73. The van der Waals surface area contributed by atoms with Crippen molar-refractivity contribution < 1.29 is 13.9 Å². The Morgan fingerprint density at radius 1 is 1.56 bits per heavy atom. The van der Waals surface area contributed by atoms with Crippen LogP contribution in [0.1, 0.15) is 26.3 Å². The molecule has 0 radical (unpaired) electrons. The van der Waals surface area contributed by atoms with Crippen LogP contribution >= 0.6 is 22.6 Å². The van der Waals surface area contributed by atoms with E-state index in [-0.39, 0.29) is 0 Å². The molecule has 0 aromatic carbocycles. The summed E-state index contributed by atoms with van der Waals surface area (Å²) >= 11 is 2.04. The summed E-state index contributed by atoms with van der Waals surface area (Å²) in [5, 5.41) is 2.58. The van der Waals surface area contributed by atoms with Crippen molar-refractivity contribution in [3.8, 4) is 0 Å². The highest BCUT2D eigenvalue weighted by molar-refractivity contribution is 14.1. The van der Waals surface area contributed by atoms with Crippen LogP contribution in [0.2, 0.25) is 0 Å². The molecule has 0 aliphatic rings. The number of rotatable bonds is 3. The molecule has 0 saturated heterocycles. The Kier molecular flexibility index (Phi) is 5.30. The number of halogens is 2. The molecule has 0 unspecified atom stereocenters. The predicted octanol–water partition coefficient (Wildman–Crippen LogP) is 2.89. The third-order valence-corrected chi connectivity index (χ3v) is 3.00. The number of nitrogens with zero attached hydrogens (tertiary/aromatic N) is 1. The molecule has 0 aliphatic carbocycles. The van der Waals surface area contributed by atoms with Crippen LogP contribution in [0.5, 0.6) is 0 Å². The van der Waals surface area contributed by atoms with E-state index in [1.807, 2.05) is 22.6 Å². The molecule has 0 spiro atoms. The summed E-state index contributed by atoms with van der Waals surface area (Å²) in [5.41, 5.74) is -0.0212. The predicted molar refractivity (Wildman–Crippen MR) is 74.9 cm³/mol. The van der Waals surface area contributed by atoms with Crippen LogP contribution in [0.4, 0.5) is 9.18 Å². The quantitative estimate of drug-likeness (QED) is 0.661. The fourth-order valence-electron chi connectivity index (χ4n) is 1.27. The highest BCUT2D eigenvalue weighted by atomic mass is 127. The average molecular weight is 366 g/mol. The lowest BCUT2D eigenvalue weighted by Crippen LogP contribution is -2.33. The maximum absolute atomic E-state index is 13.4. The molecule has 0 fully saturated rings. The summed E-state index contributed by atoms with van der Waals surface area (Å²) in [5.74, 6) is -0.493. The second kappa shape index (κ2) is 6.31. The van der Waals surface area contributed by atoms with Crippen molar-refractivity contribution in [2.24, 2.45) is 0 Å². The molecular weight excluding hydrogens is 350 g/mol. The number of carbonyl (C=O) groups is 1. The van der Waals surface area contributed by atoms with Crippen molar-refractivity contribution in [2.45, 2.75) is 32.8 Å². The first-order valence-electron chi connectivity index (χ1n) is 5.55. The minimum absolute atomic E-state index is 0.313. The molecule has 1 amide bonds. The van der Waals surface area contributed by atoms with Crippen LogP contribution in [0.3, 0.4) is 0 Å². The highest BCUT2D eigenvalue weighted by Crippen LogP contribution is 2.14. The van der Waals surface area contributed by atoms with Gasteiger partial charge in [0.25, 0.3) is 0 Å². The van der Waals surface area contributed by atoms with Gasteiger partial charge in [0.2, 0.25) is 5.95 Å². The minimum Gasteiger partial charge on any atom is -0.444 e. The van der Waals surface area contributed by atoms with Crippen LogP contribution in [-0.2, 0) is 11.2 Å². The Bertz CT molecular complexity index is 412. The SMILES string of the molecule is CC(C)(C)OC(=O)NCCc1c(I)ccnc1F. The first kappa shape index (κ1) is 15.1. The molecule has 0 saturated carbocycles. The van der Waals surface area contributed by atoms with E-state index in [1.165, 1.54) is 6.20 Å². The third kappa shape index (κ3) is 5.16. The van der Waals surface area contributed by atoms with Gasteiger partial charge in [-0.25, -0.2) is 9.78 Å². The van der Waals surface area contributed by atoms with Gasteiger partial charge in [0, 0.05) is 21.9 Å². The Balaban J connectivity index is 2.45. The summed E-state index contributed by atoms with van der Waals surface area (Å²) in [6.07, 6.45) is 1.31. The lowest BCUT2D eigenvalue weighted by molar-refractivity contribution is 0.0528. The molecule has 100 valence electrons. The molecule has 4 nitrogen and oxygen atoms in total. The van der Waals surface area contributed by atoms with E-state index in [1.54, 1.807) is 26.8 Å². The second-order valence-electron chi connectivity index (χ2n) is 4.74. The van der Waals surface area contributed by atoms with Crippen molar-refractivity contribution in [2.75, 3.05) is 6.54 Å². The van der Waals surface area contributed by atoms with Gasteiger partial charge < -0.3 is 10.1 Å². The molecule has 0 aliphatic heterocycles. The fourth-order valence-corrected chi connectivity index (χ4v) is 1.92. The first-order chi connectivity index (χ1) is 8.29. The zero-order chi connectivity index (χ0) is 13.8. The van der Waals surface area contributed by atoms with E-state index in [9.17, 15) is 9.18 Å². The van der Waals surface area contributed by atoms with Gasteiger partial charge >= 0.3 is 6.09 Å². The van der Waals surface area contributed by atoms with Gasteiger partial charge in [-0.3, -0.25) is 0 Å². The number of pyridine rings is 1. The van der Waals surface area contributed by atoms with E-state index in [0.29, 0.717) is 18.5 Å². The van der Waals surface area contributed by atoms with Gasteiger partial charge in [-0.2, -0.15) is 4.39 Å². The van der Waals surface area contributed by atoms with E-state index in [0.717, 1.165) is 3.57 Å². The van der Waals surface area contributed by atoms with Gasteiger partial charge in [-0.1, -0.05) is 0 Å². The van der Waals surface area contributed by atoms with Crippen molar-refractivity contribution in [1.29, 1.82) is 0 Å². The number of alkyl carbamates (subject to hydrolysis) is 1. The molecule has 0 bridgehead atoms. The monoisotopic (exact) mass is 366 g/mol. The molecular formula is C12H16FIN2O2. The lowest BCUT2D eigenvalue weighted by Gasteiger charge is -2.19. The van der Waals surface area contributed by atoms with E-state index >= 15 is 0 Å². The summed E-state index contributed by atoms with van der Waals surface area (Å²) in [4.78, 5) is 15.0. The molecule has 0 atom stereocenters. The fraction of sp³-hybridized carbons (Fsp3) is 0.500. The maximum Gasteiger partial charge on any atom is 0.407 e. The van der Waals surface area contributed by atoms with Crippen LogP contribution < -0.4 is 5.32 Å². The molecule has 1 aromatic rings. The molecule has 6 heteroatoms. The van der Waals surface area contributed by atoms with Gasteiger partial charge in [0.05, 0.1) is 0 Å². The largest absolute Gasteiger partial charge is 0.444 e. The van der Waals surface area contributed by atoms with E-state index < -0.39 is 17.6 Å². The number of carbonyl (C=O) groups excluding carboxylic acids is 1. The Morgan fingerprint density at radius 3 is 2.78 bits per heavy atom. The van der Waals surface area contributed by atoms with Crippen LogP contribution in [0, 0.1) is 9.52 Å². The van der Waals surface area contributed by atoms with Gasteiger partial charge in [0.1, 0.15) is 5.60 Å². The minimum atomic E-state index is -0.530.